The van der Waals surface area contributed by atoms with Crippen LogP contribution >= 0.6 is 11.3 Å². The van der Waals surface area contributed by atoms with E-state index in [9.17, 15) is 0 Å². The van der Waals surface area contributed by atoms with Crippen LogP contribution in [-0.4, -0.2) is 54.6 Å². The quantitative estimate of drug-likeness (QED) is 0.849. The second kappa shape index (κ2) is 5.12. The predicted molar refractivity (Wildman–Crippen MR) is 68.8 cm³/mol. The molecule has 0 amide bonds. The van der Waals surface area contributed by atoms with Gasteiger partial charge in [-0.25, -0.2) is 4.98 Å². The van der Waals surface area contributed by atoms with E-state index >= 15 is 0 Å². The Bertz CT molecular complexity index is 336. The summed E-state index contributed by atoms with van der Waals surface area (Å²) in [6.07, 6.45) is 2.31. The smallest absolute Gasteiger partial charge is 0.180 e. The summed E-state index contributed by atoms with van der Waals surface area (Å²) in [6, 6.07) is 0.723. The van der Waals surface area contributed by atoms with Gasteiger partial charge in [0.1, 0.15) is 0 Å². The molecule has 2 rings (SSSR count). The third-order valence-corrected chi connectivity index (χ3v) is 3.95. The standard InChI is InChI=1S/C11H20N4S/c1-14(2)10-4-6-15(7-10)5-3-9-8-16-11(12)13-9/h8,10H,3-7H2,1-2H3,(H2,12,13). The van der Waals surface area contributed by atoms with E-state index in [-0.39, 0.29) is 0 Å². The van der Waals surface area contributed by atoms with Crippen molar-refractivity contribution in [2.45, 2.75) is 18.9 Å². The number of likely N-dealkylation sites (N-methyl/N-ethyl adjacent to an activating group) is 1. The highest BCUT2D eigenvalue weighted by molar-refractivity contribution is 7.13. The number of hydrogen-bond donors (Lipinski definition) is 1. The van der Waals surface area contributed by atoms with Gasteiger partial charge >= 0.3 is 0 Å². The minimum atomic E-state index is 0.683. The normalized spacial score (nSPS) is 22.1. The van der Waals surface area contributed by atoms with Gasteiger partial charge in [-0.15, -0.1) is 11.3 Å². The van der Waals surface area contributed by atoms with Gasteiger partial charge in [0, 0.05) is 30.9 Å². The number of aromatic nitrogens is 1. The van der Waals surface area contributed by atoms with Gasteiger partial charge in [-0.1, -0.05) is 0 Å². The zero-order valence-corrected chi connectivity index (χ0v) is 10.8. The van der Waals surface area contributed by atoms with Gasteiger partial charge in [0.2, 0.25) is 0 Å². The predicted octanol–water partition coefficient (Wildman–Crippen LogP) is 0.904. The Morgan fingerprint density at radius 2 is 2.44 bits per heavy atom. The number of thiazole rings is 1. The Hall–Kier alpha value is -0.650. The van der Waals surface area contributed by atoms with E-state index in [1.807, 2.05) is 0 Å². The summed E-state index contributed by atoms with van der Waals surface area (Å²) >= 11 is 1.53. The van der Waals surface area contributed by atoms with Crippen molar-refractivity contribution in [1.82, 2.24) is 14.8 Å². The van der Waals surface area contributed by atoms with E-state index < -0.39 is 0 Å². The maximum atomic E-state index is 5.61. The molecule has 4 nitrogen and oxygen atoms in total. The molecule has 1 atom stereocenters. The van der Waals surface area contributed by atoms with E-state index in [0.717, 1.165) is 24.7 Å². The Labute approximate surface area is 101 Å². The third-order valence-electron chi connectivity index (χ3n) is 3.23. The number of likely N-dealkylation sites (tertiary alicyclic amines) is 1. The monoisotopic (exact) mass is 240 g/mol. The second-order valence-corrected chi connectivity index (χ2v) is 5.52. The van der Waals surface area contributed by atoms with Crippen LogP contribution in [-0.2, 0) is 6.42 Å². The summed E-state index contributed by atoms with van der Waals surface area (Å²) in [5.41, 5.74) is 6.75. The zero-order valence-electron chi connectivity index (χ0n) is 10.0. The fraction of sp³-hybridized carbons (Fsp3) is 0.727. The molecule has 1 aliphatic rings. The van der Waals surface area contributed by atoms with Gasteiger partial charge in [-0.2, -0.15) is 0 Å². The average Bonchev–Trinajstić information content (AvgIpc) is 2.83. The van der Waals surface area contributed by atoms with Gasteiger partial charge in [0.15, 0.2) is 5.13 Å². The van der Waals surface area contributed by atoms with Crippen LogP contribution in [0.1, 0.15) is 12.1 Å². The van der Waals surface area contributed by atoms with E-state index in [2.05, 4.69) is 34.3 Å². The molecule has 2 N–H and O–H groups in total. The van der Waals surface area contributed by atoms with Gasteiger partial charge in [0.25, 0.3) is 0 Å². The number of anilines is 1. The maximum absolute atomic E-state index is 5.61. The fourth-order valence-corrected chi connectivity index (χ4v) is 2.74. The van der Waals surface area contributed by atoms with Gasteiger partial charge in [0.05, 0.1) is 5.69 Å². The summed E-state index contributed by atoms with van der Waals surface area (Å²) in [7, 11) is 4.32. The molecule has 90 valence electrons. The number of nitrogen functional groups attached to an aromatic ring is 1. The molecule has 16 heavy (non-hydrogen) atoms. The van der Waals surface area contributed by atoms with Crippen molar-refractivity contribution in [1.29, 1.82) is 0 Å². The van der Waals surface area contributed by atoms with Crippen LogP contribution in [0.25, 0.3) is 0 Å². The third kappa shape index (κ3) is 2.93. The molecule has 1 saturated heterocycles. The van der Waals surface area contributed by atoms with Crippen LogP contribution in [0.5, 0.6) is 0 Å². The Balaban J connectivity index is 1.75. The molecule has 1 aliphatic heterocycles. The van der Waals surface area contributed by atoms with Crippen LogP contribution in [0.3, 0.4) is 0 Å². The first-order valence-electron chi connectivity index (χ1n) is 5.74. The molecule has 1 aromatic heterocycles. The van der Waals surface area contributed by atoms with Crippen LogP contribution in [0.2, 0.25) is 0 Å². The Morgan fingerprint density at radius 1 is 1.62 bits per heavy atom. The second-order valence-electron chi connectivity index (χ2n) is 4.63. The molecule has 0 aliphatic carbocycles. The van der Waals surface area contributed by atoms with Crippen molar-refractivity contribution in [3.05, 3.63) is 11.1 Å². The molecule has 1 aromatic rings. The lowest BCUT2D eigenvalue weighted by atomic mass is 10.2. The van der Waals surface area contributed by atoms with Crippen molar-refractivity contribution in [2.75, 3.05) is 39.5 Å². The fourth-order valence-electron chi connectivity index (χ4n) is 2.15. The average molecular weight is 240 g/mol. The Morgan fingerprint density at radius 3 is 3.00 bits per heavy atom. The zero-order chi connectivity index (χ0) is 11.5. The molecule has 2 heterocycles. The summed E-state index contributed by atoms with van der Waals surface area (Å²) < 4.78 is 0. The number of rotatable bonds is 4. The van der Waals surface area contributed by atoms with Crippen molar-refractivity contribution in [3.63, 3.8) is 0 Å². The first kappa shape index (κ1) is 11.8. The van der Waals surface area contributed by atoms with Gasteiger partial charge in [-0.3, -0.25) is 0 Å². The van der Waals surface area contributed by atoms with E-state index in [4.69, 9.17) is 5.73 Å². The van der Waals surface area contributed by atoms with Crippen molar-refractivity contribution < 1.29 is 0 Å². The van der Waals surface area contributed by atoms with Crippen molar-refractivity contribution in [2.24, 2.45) is 0 Å². The first-order chi connectivity index (χ1) is 7.65. The van der Waals surface area contributed by atoms with Gasteiger partial charge < -0.3 is 15.5 Å². The molecule has 0 radical (unpaired) electrons. The number of hydrogen-bond acceptors (Lipinski definition) is 5. The van der Waals surface area contributed by atoms with Gasteiger partial charge in [-0.05, 0) is 27.1 Å². The topological polar surface area (TPSA) is 45.4 Å². The molecule has 0 saturated carbocycles. The van der Waals surface area contributed by atoms with Crippen LogP contribution < -0.4 is 5.73 Å². The largest absolute Gasteiger partial charge is 0.375 e. The highest BCUT2D eigenvalue weighted by Gasteiger charge is 2.23. The summed E-state index contributed by atoms with van der Waals surface area (Å²) in [5, 5.41) is 2.75. The molecule has 1 fully saturated rings. The highest BCUT2D eigenvalue weighted by atomic mass is 32.1. The Kier molecular flexibility index (Phi) is 3.78. The molecular formula is C11H20N4S. The van der Waals surface area contributed by atoms with E-state index in [0.29, 0.717) is 5.13 Å². The summed E-state index contributed by atoms with van der Waals surface area (Å²) in [6.45, 7) is 3.50. The molecule has 1 unspecified atom stereocenters. The summed E-state index contributed by atoms with van der Waals surface area (Å²) in [4.78, 5) is 9.12. The maximum Gasteiger partial charge on any atom is 0.180 e. The van der Waals surface area contributed by atoms with E-state index in [1.54, 1.807) is 0 Å². The molecular weight excluding hydrogens is 220 g/mol. The van der Waals surface area contributed by atoms with Crippen LogP contribution in [0.4, 0.5) is 5.13 Å². The lowest BCUT2D eigenvalue weighted by molar-refractivity contribution is 0.270. The van der Waals surface area contributed by atoms with E-state index in [1.165, 1.54) is 30.8 Å². The van der Waals surface area contributed by atoms with Crippen LogP contribution in [0, 0.1) is 0 Å². The van der Waals surface area contributed by atoms with Crippen LogP contribution in [0.15, 0.2) is 5.38 Å². The molecule has 5 heteroatoms. The SMILES string of the molecule is CN(C)C1CCN(CCc2csc(N)n2)C1. The highest BCUT2D eigenvalue weighted by Crippen LogP contribution is 2.15. The lowest BCUT2D eigenvalue weighted by Gasteiger charge is -2.20. The van der Waals surface area contributed by atoms with Crippen molar-refractivity contribution in [3.8, 4) is 0 Å². The summed E-state index contributed by atoms with van der Waals surface area (Å²) in [5.74, 6) is 0. The molecule has 0 spiro atoms. The minimum Gasteiger partial charge on any atom is -0.375 e. The number of nitrogens with two attached hydrogens (primary N) is 1. The lowest BCUT2D eigenvalue weighted by Crippen LogP contribution is -2.32. The molecule has 0 aromatic carbocycles. The van der Waals surface area contributed by atoms with Crippen molar-refractivity contribution >= 4 is 16.5 Å². The number of nitrogens with zero attached hydrogens (tertiary/aromatic N) is 3. The molecule has 0 bridgehead atoms. The minimum absolute atomic E-state index is 0.683. The first-order valence-corrected chi connectivity index (χ1v) is 6.62.